The molecular weight excluding hydrogens is 343 g/mol. The van der Waals surface area contributed by atoms with E-state index in [1.165, 1.54) is 32.2 Å². The van der Waals surface area contributed by atoms with Crippen molar-refractivity contribution >= 4 is 17.9 Å². The first-order valence-corrected chi connectivity index (χ1v) is 8.52. The number of esters is 1. The van der Waals surface area contributed by atoms with Gasteiger partial charge in [-0.05, 0) is 37.5 Å². The van der Waals surface area contributed by atoms with Crippen molar-refractivity contribution in [2.24, 2.45) is 0 Å². The van der Waals surface area contributed by atoms with Gasteiger partial charge in [-0.15, -0.1) is 0 Å². The number of imide groups is 1. The maximum atomic E-state index is 13.6. The number of carbonyl (C=O) groups excluding carboxylic acids is 3. The van der Waals surface area contributed by atoms with Crippen LogP contribution in [0.4, 0.5) is 9.18 Å². The van der Waals surface area contributed by atoms with E-state index < -0.39 is 29.8 Å². The molecule has 1 aromatic carbocycles. The van der Waals surface area contributed by atoms with Gasteiger partial charge < -0.3 is 14.8 Å². The Morgan fingerprint density at radius 2 is 1.96 bits per heavy atom. The van der Waals surface area contributed by atoms with Crippen LogP contribution in [0.25, 0.3) is 0 Å². The van der Waals surface area contributed by atoms with Gasteiger partial charge in [0.1, 0.15) is 0 Å². The first kappa shape index (κ1) is 19.7. The summed E-state index contributed by atoms with van der Waals surface area (Å²) in [5.41, 5.74) is 0.389. The lowest BCUT2D eigenvalue weighted by molar-refractivity contribution is -0.153. The average molecular weight is 366 g/mol. The van der Waals surface area contributed by atoms with Gasteiger partial charge >= 0.3 is 12.0 Å². The number of amides is 3. The van der Waals surface area contributed by atoms with Gasteiger partial charge in [0.25, 0.3) is 5.91 Å². The molecule has 0 aliphatic heterocycles. The number of benzene rings is 1. The molecule has 2 rings (SSSR count). The second kappa shape index (κ2) is 9.17. The fraction of sp³-hybridized carbons (Fsp3) is 0.500. The zero-order valence-electron chi connectivity index (χ0n) is 14.8. The fourth-order valence-electron chi connectivity index (χ4n) is 2.78. The number of carbonyl (C=O) groups is 3. The molecule has 0 aromatic heterocycles. The van der Waals surface area contributed by atoms with E-state index in [2.05, 4.69) is 10.6 Å². The molecule has 7 nitrogen and oxygen atoms in total. The van der Waals surface area contributed by atoms with Crippen LogP contribution in [0, 0.1) is 5.82 Å². The summed E-state index contributed by atoms with van der Waals surface area (Å²) < 4.78 is 23.4. The molecule has 0 unspecified atom stereocenters. The van der Waals surface area contributed by atoms with E-state index in [-0.39, 0.29) is 18.2 Å². The van der Waals surface area contributed by atoms with Crippen molar-refractivity contribution in [2.45, 2.75) is 51.2 Å². The highest BCUT2D eigenvalue weighted by Gasteiger charge is 2.22. The summed E-state index contributed by atoms with van der Waals surface area (Å²) in [6.45, 7) is 1.37. The van der Waals surface area contributed by atoms with Gasteiger partial charge in [0.15, 0.2) is 17.7 Å². The minimum atomic E-state index is -1.14. The van der Waals surface area contributed by atoms with Gasteiger partial charge in [-0.3, -0.25) is 14.9 Å². The Bertz CT molecular complexity index is 674. The SMILES string of the molecule is COc1ccc(CC(=O)O[C@@H](C)C(=O)NC(=O)NC2CCCC2)cc1F. The molecule has 3 amide bonds. The van der Waals surface area contributed by atoms with Crippen molar-refractivity contribution in [1.82, 2.24) is 10.6 Å². The number of methoxy groups -OCH3 is 1. The zero-order valence-corrected chi connectivity index (χ0v) is 14.8. The van der Waals surface area contributed by atoms with Crippen molar-refractivity contribution in [3.05, 3.63) is 29.6 Å². The standard InChI is InChI=1S/C18H23FN2O5/c1-11(17(23)21-18(24)20-13-5-3-4-6-13)26-16(22)10-12-7-8-15(25-2)14(19)9-12/h7-9,11,13H,3-6,10H2,1-2H3,(H2,20,21,23,24)/t11-/m0/s1. The van der Waals surface area contributed by atoms with Gasteiger partial charge in [-0.25, -0.2) is 9.18 Å². The smallest absolute Gasteiger partial charge is 0.321 e. The number of halogens is 1. The van der Waals surface area contributed by atoms with Crippen LogP contribution in [-0.4, -0.2) is 37.2 Å². The van der Waals surface area contributed by atoms with E-state index in [9.17, 15) is 18.8 Å². The molecule has 0 spiro atoms. The number of hydrogen-bond acceptors (Lipinski definition) is 5. The van der Waals surface area contributed by atoms with E-state index in [1.807, 2.05) is 0 Å². The van der Waals surface area contributed by atoms with Crippen LogP contribution < -0.4 is 15.4 Å². The second-order valence-corrected chi connectivity index (χ2v) is 6.22. The van der Waals surface area contributed by atoms with Gasteiger partial charge in [0.2, 0.25) is 0 Å². The van der Waals surface area contributed by atoms with Crippen LogP contribution in [-0.2, 0) is 20.7 Å². The number of urea groups is 1. The predicted octanol–water partition coefficient (Wildman–Crippen LogP) is 2.08. The molecule has 0 saturated heterocycles. The number of rotatable bonds is 6. The molecule has 1 aliphatic carbocycles. The summed E-state index contributed by atoms with van der Waals surface area (Å²) in [4.78, 5) is 35.6. The Kier molecular flexibility index (Phi) is 6.94. The monoisotopic (exact) mass is 366 g/mol. The van der Waals surface area contributed by atoms with Crippen LogP contribution in [0.3, 0.4) is 0 Å². The van der Waals surface area contributed by atoms with Crippen molar-refractivity contribution in [3.8, 4) is 5.75 Å². The lowest BCUT2D eigenvalue weighted by atomic mass is 10.1. The number of hydrogen-bond donors (Lipinski definition) is 2. The van der Waals surface area contributed by atoms with Crippen LogP contribution in [0.2, 0.25) is 0 Å². The lowest BCUT2D eigenvalue weighted by Crippen LogP contribution is -2.47. The summed E-state index contributed by atoms with van der Waals surface area (Å²) in [6.07, 6.45) is 2.56. The highest BCUT2D eigenvalue weighted by atomic mass is 19.1. The molecule has 0 bridgehead atoms. The normalized spacial score (nSPS) is 15.2. The third-order valence-electron chi connectivity index (χ3n) is 4.17. The van der Waals surface area contributed by atoms with Gasteiger partial charge in [-0.2, -0.15) is 0 Å². The van der Waals surface area contributed by atoms with E-state index in [4.69, 9.17) is 9.47 Å². The van der Waals surface area contributed by atoms with Crippen molar-refractivity contribution < 1.29 is 28.2 Å². The van der Waals surface area contributed by atoms with Crippen molar-refractivity contribution in [2.75, 3.05) is 7.11 Å². The maximum Gasteiger partial charge on any atom is 0.321 e. The van der Waals surface area contributed by atoms with Crippen LogP contribution in [0.1, 0.15) is 38.2 Å². The molecule has 1 saturated carbocycles. The minimum absolute atomic E-state index is 0.0724. The number of nitrogens with one attached hydrogen (secondary N) is 2. The van der Waals surface area contributed by atoms with Gasteiger partial charge in [0, 0.05) is 6.04 Å². The third kappa shape index (κ3) is 5.72. The summed E-state index contributed by atoms with van der Waals surface area (Å²) in [5.74, 6) is -1.93. The first-order valence-electron chi connectivity index (χ1n) is 8.52. The largest absolute Gasteiger partial charge is 0.494 e. The quantitative estimate of drug-likeness (QED) is 0.752. The molecule has 0 heterocycles. The Morgan fingerprint density at radius 3 is 2.58 bits per heavy atom. The zero-order chi connectivity index (χ0) is 19.1. The topological polar surface area (TPSA) is 93.7 Å². The highest BCUT2D eigenvalue weighted by Crippen LogP contribution is 2.18. The minimum Gasteiger partial charge on any atom is -0.494 e. The summed E-state index contributed by atoms with van der Waals surface area (Å²) in [5, 5.41) is 4.87. The van der Waals surface area contributed by atoms with E-state index in [0.29, 0.717) is 5.56 Å². The van der Waals surface area contributed by atoms with E-state index >= 15 is 0 Å². The Labute approximate surface area is 151 Å². The molecule has 1 aliphatic rings. The third-order valence-corrected chi connectivity index (χ3v) is 4.17. The molecule has 8 heteroatoms. The summed E-state index contributed by atoms with van der Waals surface area (Å²) in [7, 11) is 1.34. The predicted molar refractivity (Wildman–Crippen MR) is 91.1 cm³/mol. The molecule has 2 N–H and O–H groups in total. The van der Waals surface area contributed by atoms with Crippen LogP contribution >= 0.6 is 0 Å². The van der Waals surface area contributed by atoms with Crippen molar-refractivity contribution in [1.29, 1.82) is 0 Å². The molecule has 142 valence electrons. The highest BCUT2D eigenvalue weighted by molar-refractivity contribution is 5.97. The molecular formula is C18H23FN2O5. The molecule has 1 aromatic rings. The molecule has 26 heavy (non-hydrogen) atoms. The fourth-order valence-corrected chi connectivity index (χ4v) is 2.78. The Balaban J connectivity index is 1.79. The molecule has 0 radical (unpaired) electrons. The Hall–Kier alpha value is -2.64. The summed E-state index contributed by atoms with van der Waals surface area (Å²) in [6, 6.07) is 3.58. The molecule has 1 fully saturated rings. The lowest BCUT2D eigenvalue weighted by Gasteiger charge is -2.15. The van der Waals surface area contributed by atoms with E-state index in [0.717, 1.165) is 25.7 Å². The number of ether oxygens (including phenoxy) is 2. The first-order chi connectivity index (χ1) is 12.4. The van der Waals surface area contributed by atoms with Crippen LogP contribution in [0.15, 0.2) is 18.2 Å². The Morgan fingerprint density at radius 1 is 1.27 bits per heavy atom. The van der Waals surface area contributed by atoms with Gasteiger partial charge in [0.05, 0.1) is 13.5 Å². The molecule has 1 atom stereocenters. The maximum absolute atomic E-state index is 13.6. The van der Waals surface area contributed by atoms with Gasteiger partial charge in [-0.1, -0.05) is 18.9 Å². The second-order valence-electron chi connectivity index (χ2n) is 6.22. The average Bonchev–Trinajstić information content (AvgIpc) is 3.07. The van der Waals surface area contributed by atoms with E-state index in [1.54, 1.807) is 0 Å². The van der Waals surface area contributed by atoms with Crippen LogP contribution in [0.5, 0.6) is 5.75 Å². The summed E-state index contributed by atoms with van der Waals surface area (Å²) >= 11 is 0. The van der Waals surface area contributed by atoms with Crippen molar-refractivity contribution in [3.63, 3.8) is 0 Å².